The summed E-state index contributed by atoms with van der Waals surface area (Å²) in [6.07, 6.45) is 0. The molecule has 1 fully saturated rings. The average Bonchev–Trinajstić information content (AvgIpc) is 2.50. The second-order valence-corrected chi connectivity index (χ2v) is 8.46. The van der Waals surface area contributed by atoms with Crippen LogP contribution in [0.5, 0.6) is 0 Å². The van der Waals surface area contributed by atoms with E-state index in [0.717, 1.165) is 0 Å². The number of nitrogens with two attached hydrogens (primary N) is 1. The number of carbonyl (C=O) groups is 2. The summed E-state index contributed by atoms with van der Waals surface area (Å²) < 4.78 is 13.3. The smallest absolute Gasteiger partial charge is 0.355 e. The van der Waals surface area contributed by atoms with Crippen molar-refractivity contribution in [2.24, 2.45) is 5.73 Å². The van der Waals surface area contributed by atoms with Gasteiger partial charge in [-0.1, -0.05) is 34.8 Å². The van der Waals surface area contributed by atoms with Crippen LogP contribution in [0, 0.1) is 0 Å². The fourth-order valence-electron chi connectivity index (χ4n) is 2.14. The van der Waals surface area contributed by atoms with Crippen LogP contribution in [0.4, 0.5) is 0 Å². The van der Waals surface area contributed by atoms with Gasteiger partial charge in [-0.3, -0.25) is 9.69 Å². The van der Waals surface area contributed by atoms with Crippen LogP contribution in [0.3, 0.4) is 0 Å². The van der Waals surface area contributed by atoms with Gasteiger partial charge in [0, 0.05) is 12.9 Å². The van der Waals surface area contributed by atoms with Crippen molar-refractivity contribution in [2.45, 2.75) is 15.2 Å². The number of hydrogen-bond acceptors (Lipinski definition) is 7. The molecule has 0 unspecified atom stereocenters. The van der Waals surface area contributed by atoms with Crippen LogP contribution in [0.15, 0.2) is 11.3 Å². The highest BCUT2D eigenvalue weighted by atomic mass is 35.6. The Labute approximate surface area is 152 Å². The molecular weight excluding hydrogens is 391 g/mol. The van der Waals surface area contributed by atoms with Gasteiger partial charge in [-0.25, -0.2) is 4.79 Å². The molecule has 130 valence electrons. The van der Waals surface area contributed by atoms with E-state index in [1.54, 1.807) is 0 Å². The van der Waals surface area contributed by atoms with E-state index in [2.05, 4.69) is 0 Å². The number of alkyl halides is 3. The first kappa shape index (κ1) is 19.1. The third kappa shape index (κ3) is 4.45. The van der Waals surface area contributed by atoms with Crippen molar-refractivity contribution in [3.05, 3.63) is 11.3 Å². The van der Waals surface area contributed by atoms with Crippen molar-refractivity contribution in [1.29, 1.82) is 0 Å². The van der Waals surface area contributed by atoms with E-state index in [1.165, 1.54) is 23.8 Å². The largest absolute Gasteiger partial charge is 0.456 e. The van der Waals surface area contributed by atoms with Gasteiger partial charge in [-0.2, -0.15) is 0 Å². The van der Waals surface area contributed by atoms with E-state index in [4.69, 9.17) is 54.7 Å². The Hall–Kier alpha value is -0.220. The van der Waals surface area contributed by atoms with Crippen molar-refractivity contribution >= 4 is 58.4 Å². The van der Waals surface area contributed by atoms with E-state index in [9.17, 15) is 9.59 Å². The highest BCUT2D eigenvalue weighted by Crippen LogP contribution is 2.40. The lowest BCUT2D eigenvalue weighted by atomic mass is 10.0. The maximum Gasteiger partial charge on any atom is 0.355 e. The lowest BCUT2D eigenvalue weighted by Gasteiger charge is -2.48. The minimum Gasteiger partial charge on any atom is -0.456 e. The molecular formula is C12H15Cl3N2O5S. The van der Waals surface area contributed by atoms with E-state index in [-0.39, 0.29) is 30.4 Å². The van der Waals surface area contributed by atoms with Gasteiger partial charge in [0.1, 0.15) is 30.5 Å². The zero-order valence-corrected chi connectivity index (χ0v) is 15.2. The molecule has 0 aromatic rings. The third-order valence-corrected chi connectivity index (χ3v) is 4.81. The maximum absolute atomic E-state index is 12.3. The predicted octanol–water partition coefficient (Wildman–Crippen LogP) is 1.02. The summed E-state index contributed by atoms with van der Waals surface area (Å²) in [6.45, 7) is -0.260. The first-order valence-electron chi connectivity index (χ1n) is 6.49. The second-order valence-electron chi connectivity index (χ2n) is 4.83. The Morgan fingerprint density at radius 2 is 2.17 bits per heavy atom. The molecule has 0 radical (unpaired) electrons. The van der Waals surface area contributed by atoms with Crippen molar-refractivity contribution in [2.75, 3.05) is 32.9 Å². The van der Waals surface area contributed by atoms with Crippen LogP contribution in [0.25, 0.3) is 0 Å². The Balaban J connectivity index is 2.17. The molecule has 0 saturated carbocycles. The number of hydrogen-bond donors (Lipinski definition) is 1. The van der Waals surface area contributed by atoms with E-state index in [1.807, 2.05) is 0 Å². The summed E-state index contributed by atoms with van der Waals surface area (Å²) in [5.74, 6) is -0.630. The number of thioether (sulfide) groups is 1. The molecule has 0 aliphatic carbocycles. The quantitative estimate of drug-likeness (QED) is 0.232. The molecule has 0 aromatic carbocycles. The molecule has 0 aromatic heterocycles. The number of halogens is 3. The molecule has 2 aliphatic heterocycles. The molecule has 2 aliphatic rings. The summed E-state index contributed by atoms with van der Waals surface area (Å²) in [4.78, 5) is 25.6. The molecule has 23 heavy (non-hydrogen) atoms. The predicted molar refractivity (Wildman–Crippen MR) is 87.2 cm³/mol. The summed E-state index contributed by atoms with van der Waals surface area (Å²) in [6, 6.07) is -0.641. The first-order valence-corrected chi connectivity index (χ1v) is 8.67. The Morgan fingerprint density at radius 1 is 1.48 bits per heavy atom. The van der Waals surface area contributed by atoms with Gasteiger partial charge < -0.3 is 19.9 Å². The van der Waals surface area contributed by atoms with Crippen molar-refractivity contribution < 1.29 is 23.8 Å². The number of β-lactam (4-membered cyclic amide) rings is 1. The van der Waals surface area contributed by atoms with Crippen molar-refractivity contribution in [3.8, 4) is 0 Å². The summed E-state index contributed by atoms with van der Waals surface area (Å²) >= 11 is 18.2. The molecule has 1 amide bonds. The van der Waals surface area contributed by atoms with Crippen molar-refractivity contribution in [3.63, 3.8) is 0 Å². The zero-order valence-electron chi connectivity index (χ0n) is 12.1. The first-order chi connectivity index (χ1) is 10.8. The molecule has 7 nitrogen and oxygen atoms in total. The van der Waals surface area contributed by atoms with E-state index >= 15 is 0 Å². The number of fused-ring (bicyclic) bond motifs is 1. The third-order valence-electron chi connectivity index (χ3n) is 3.13. The summed E-state index contributed by atoms with van der Waals surface area (Å²) in [5.41, 5.74) is 6.45. The van der Waals surface area contributed by atoms with Gasteiger partial charge in [-0.15, -0.1) is 11.8 Å². The van der Waals surface area contributed by atoms with Crippen LogP contribution in [-0.2, 0) is 23.8 Å². The molecule has 0 bridgehead atoms. The molecule has 2 atom stereocenters. The number of nitrogens with zero attached hydrogens (tertiary/aromatic N) is 1. The topological polar surface area (TPSA) is 91.1 Å². The number of methoxy groups -OCH3 is 1. The van der Waals surface area contributed by atoms with Gasteiger partial charge in [-0.05, 0) is 5.57 Å². The second kappa shape index (κ2) is 7.77. The van der Waals surface area contributed by atoms with Crippen LogP contribution >= 0.6 is 46.6 Å². The highest BCUT2D eigenvalue weighted by molar-refractivity contribution is 8.00. The van der Waals surface area contributed by atoms with Crippen LogP contribution in [-0.4, -0.2) is 64.9 Å². The summed E-state index contributed by atoms with van der Waals surface area (Å²) in [5, 5.41) is -0.302. The van der Waals surface area contributed by atoms with Crippen LogP contribution in [0.2, 0.25) is 0 Å². The average molecular weight is 406 g/mol. The number of amides is 1. The highest BCUT2D eigenvalue weighted by Gasteiger charge is 2.52. The van der Waals surface area contributed by atoms with Gasteiger partial charge in [0.15, 0.2) is 0 Å². The fraction of sp³-hybridized carbons (Fsp3) is 0.667. The van der Waals surface area contributed by atoms with E-state index in [0.29, 0.717) is 11.3 Å². The number of esters is 1. The summed E-state index contributed by atoms with van der Waals surface area (Å²) in [7, 11) is 1.48. The molecule has 1 saturated heterocycles. The normalized spacial score (nSPS) is 24.4. The number of carbonyl (C=O) groups excluding carboxylic acids is 2. The lowest BCUT2D eigenvalue weighted by molar-refractivity contribution is -0.150. The van der Waals surface area contributed by atoms with Crippen molar-refractivity contribution in [1.82, 2.24) is 4.90 Å². The van der Waals surface area contributed by atoms with Crippen LogP contribution < -0.4 is 5.73 Å². The maximum atomic E-state index is 12.3. The van der Waals surface area contributed by atoms with Crippen LogP contribution in [0.1, 0.15) is 0 Å². The number of rotatable bonds is 6. The standard InChI is InChI=1S/C12H15Cl3N2O5S/c1-20-5-21-2-6-3-23-10-7(16)9(18)17(10)8(6)11(19)22-4-12(13,14)15/h7,10H,2-5,16H2,1H3/t7-,10+/m0/s1. The minimum absolute atomic E-state index is 0.0571. The molecule has 2 N–H and O–H groups in total. The molecule has 2 heterocycles. The molecule has 0 spiro atoms. The minimum atomic E-state index is -1.74. The van der Waals surface area contributed by atoms with Gasteiger partial charge in [0.2, 0.25) is 9.70 Å². The van der Waals surface area contributed by atoms with Gasteiger partial charge in [0.25, 0.3) is 0 Å². The van der Waals surface area contributed by atoms with E-state index < -0.39 is 22.4 Å². The molecule has 2 rings (SSSR count). The van der Waals surface area contributed by atoms with Gasteiger partial charge in [0.05, 0.1) is 6.61 Å². The Bertz CT molecular complexity index is 525. The zero-order chi connectivity index (χ0) is 17.2. The van der Waals surface area contributed by atoms with Gasteiger partial charge >= 0.3 is 5.97 Å². The Morgan fingerprint density at radius 3 is 2.78 bits per heavy atom. The Kier molecular flexibility index (Phi) is 6.46. The monoisotopic (exact) mass is 404 g/mol. The number of ether oxygens (including phenoxy) is 3. The lowest BCUT2D eigenvalue weighted by Crippen LogP contribution is -2.68. The SMILES string of the molecule is COCOCC1=C(C(=O)OCC(Cl)(Cl)Cl)N2C(=O)[C@H](N)[C@H]2SC1. The molecule has 11 heteroatoms. The fourth-order valence-corrected chi connectivity index (χ4v) is 3.58.